The molecule has 0 N–H and O–H groups in total. The van der Waals surface area contributed by atoms with Gasteiger partial charge in [0.05, 0.1) is 17.0 Å². The molecule has 0 aliphatic carbocycles. The highest BCUT2D eigenvalue weighted by molar-refractivity contribution is 7.91. The first-order chi connectivity index (χ1) is 20.2. The Morgan fingerprint density at radius 1 is 1.07 bits per heavy atom. The highest BCUT2D eigenvalue weighted by Crippen LogP contribution is 2.43. The molecule has 7 rings (SSSR count). The molecular formula is C32H37N5O4S. The quantitative estimate of drug-likeness (QED) is 0.289. The van der Waals surface area contributed by atoms with E-state index in [0.29, 0.717) is 11.5 Å². The van der Waals surface area contributed by atoms with Crippen LogP contribution < -0.4 is 9.64 Å². The third-order valence-corrected chi connectivity index (χ3v) is 11.0. The van der Waals surface area contributed by atoms with Crippen LogP contribution in [0.2, 0.25) is 0 Å². The van der Waals surface area contributed by atoms with Gasteiger partial charge in [0.1, 0.15) is 23.4 Å². The van der Waals surface area contributed by atoms with Crippen molar-refractivity contribution < 1.29 is 17.9 Å². The number of nitrogens with zero attached hydrogens (tertiary/aromatic N) is 5. The largest absolute Gasteiger partial charge is 0.486 e. The van der Waals surface area contributed by atoms with Crippen LogP contribution in [0.3, 0.4) is 0 Å². The Morgan fingerprint density at radius 3 is 2.55 bits per heavy atom. The van der Waals surface area contributed by atoms with E-state index in [-0.39, 0.29) is 17.7 Å². The maximum absolute atomic E-state index is 12.0. The lowest BCUT2D eigenvalue weighted by atomic mass is 9.79. The summed E-state index contributed by atoms with van der Waals surface area (Å²) in [7, 11) is -2.90. The van der Waals surface area contributed by atoms with Gasteiger partial charge in [0, 0.05) is 60.2 Å². The Labute approximate surface area is 246 Å². The minimum atomic E-state index is -2.90. The third kappa shape index (κ3) is 4.94. The average molecular weight is 588 g/mol. The molecule has 3 aliphatic heterocycles. The monoisotopic (exact) mass is 587 g/mol. The Morgan fingerprint density at radius 2 is 1.88 bits per heavy atom. The van der Waals surface area contributed by atoms with Gasteiger partial charge in [0.15, 0.2) is 16.1 Å². The first-order valence-electron chi connectivity index (χ1n) is 14.8. The minimum Gasteiger partial charge on any atom is -0.486 e. The van der Waals surface area contributed by atoms with E-state index in [9.17, 15) is 8.42 Å². The molecule has 3 aromatic heterocycles. The van der Waals surface area contributed by atoms with E-state index >= 15 is 0 Å². The summed E-state index contributed by atoms with van der Waals surface area (Å²) >= 11 is 0. The molecule has 0 radical (unpaired) electrons. The van der Waals surface area contributed by atoms with Gasteiger partial charge in [0.2, 0.25) is 0 Å². The second-order valence-electron chi connectivity index (χ2n) is 12.3. The summed E-state index contributed by atoms with van der Waals surface area (Å²) in [6.07, 6.45) is 9.25. The Kier molecular flexibility index (Phi) is 6.73. The molecule has 9 nitrogen and oxygen atoms in total. The van der Waals surface area contributed by atoms with Gasteiger partial charge in [-0.15, -0.1) is 0 Å². The van der Waals surface area contributed by atoms with Crippen molar-refractivity contribution in [2.75, 3.05) is 36.1 Å². The van der Waals surface area contributed by atoms with Crippen LogP contribution in [0.5, 0.6) is 5.75 Å². The van der Waals surface area contributed by atoms with Crippen molar-refractivity contribution in [3.05, 3.63) is 65.6 Å². The Hall–Kier alpha value is -3.50. The van der Waals surface area contributed by atoms with Crippen LogP contribution in [0, 0.1) is 19.3 Å². The van der Waals surface area contributed by atoms with Gasteiger partial charge < -0.3 is 14.4 Å². The summed E-state index contributed by atoms with van der Waals surface area (Å²) in [5, 5.41) is 6.07. The van der Waals surface area contributed by atoms with Crippen LogP contribution in [0.4, 0.5) is 5.82 Å². The standard InChI is InChI=1S/C32H37N5O4S/c1-21-15-33-16-22(2)30(21)23(3)41-25-8-9-27-26(14-25)31(35-37(27)29-6-4-5-12-40-29)24-7-10-28(34-17-24)36-18-32(19-36)11-13-42(38,39)20-32/h7-10,14-17,23,29H,4-6,11-13,18-20H2,1-3H3/t23-,29?/m0/s1. The zero-order valence-electron chi connectivity index (χ0n) is 24.4. The average Bonchev–Trinajstić information content (AvgIpc) is 3.50. The highest BCUT2D eigenvalue weighted by Gasteiger charge is 2.50. The van der Waals surface area contributed by atoms with Crippen molar-refractivity contribution in [3.63, 3.8) is 0 Å². The lowest BCUT2D eigenvalue weighted by Crippen LogP contribution is -2.57. The summed E-state index contributed by atoms with van der Waals surface area (Å²) in [5.41, 5.74) is 6.04. The van der Waals surface area contributed by atoms with E-state index in [1.165, 1.54) is 0 Å². The number of anilines is 1. The molecule has 1 spiro atoms. The number of hydrogen-bond donors (Lipinski definition) is 0. The number of hydrogen-bond acceptors (Lipinski definition) is 8. The fourth-order valence-corrected chi connectivity index (χ4v) is 9.18. The number of rotatable bonds is 6. The molecule has 3 saturated heterocycles. The number of fused-ring (bicyclic) bond motifs is 1. The van der Waals surface area contributed by atoms with Gasteiger partial charge in [0.25, 0.3) is 0 Å². The molecular weight excluding hydrogens is 550 g/mol. The van der Waals surface area contributed by atoms with Gasteiger partial charge in [-0.25, -0.2) is 18.1 Å². The van der Waals surface area contributed by atoms with Crippen LogP contribution >= 0.6 is 0 Å². The Balaban J connectivity index is 1.19. The van der Waals surface area contributed by atoms with Crippen LogP contribution in [0.1, 0.15) is 61.6 Å². The van der Waals surface area contributed by atoms with Crippen molar-refractivity contribution in [3.8, 4) is 17.0 Å². The molecule has 0 bridgehead atoms. The van der Waals surface area contributed by atoms with Gasteiger partial charge in [-0.3, -0.25) is 4.98 Å². The van der Waals surface area contributed by atoms with Gasteiger partial charge in [-0.2, -0.15) is 5.10 Å². The molecule has 3 aliphatic rings. The maximum atomic E-state index is 12.0. The van der Waals surface area contributed by atoms with Crippen molar-refractivity contribution in [1.82, 2.24) is 19.7 Å². The third-order valence-electron chi connectivity index (χ3n) is 9.08. The smallest absolute Gasteiger partial charge is 0.151 e. The van der Waals surface area contributed by atoms with E-state index in [2.05, 4.69) is 48.9 Å². The summed E-state index contributed by atoms with van der Waals surface area (Å²) in [5.74, 6) is 2.25. The molecule has 1 unspecified atom stereocenters. The molecule has 10 heteroatoms. The number of sulfone groups is 1. The normalized spacial score (nSPS) is 21.9. The van der Waals surface area contributed by atoms with E-state index in [4.69, 9.17) is 19.6 Å². The number of pyridine rings is 2. The van der Waals surface area contributed by atoms with Crippen LogP contribution in [0.25, 0.3) is 22.2 Å². The number of aromatic nitrogens is 4. The topological polar surface area (TPSA) is 99.4 Å². The molecule has 220 valence electrons. The van der Waals surface area contributed by atoms with Gasteiger partial charge in [-0.05, 0) is 87.9 Å². The maximum Gasteiger partial charge on any atom is 0.151 e. The first kappa shape index (κ1) is 27.3. The molecule has 1 aromatic carbocycles. The summed E-state index contributed by atoms with van der Waals surface area (Å²) in [6, 6.07) is 10.2. The van der Waals surface area contributed by atoms with Gasteiger partial charge >= 0.3 is 0 Å². The zero-order valence-corrected chi connectivity index (χ0v) is 25.2. The number of aryl methyl sites for hydroxylation is 2. The first-order valence-corrected chi connectivity index (χ1v) is 16.7. The lowest BCUT2D eigenvalue weighted by Gasteiger charge is -2.48. The summed E-state index contributed by atoms with van der Waals surface area (Å²) < 4.78 is 38.7. The number of ether oxygens (including phenoxy) is 2. The van der Waals surface area contributed by atoms with Crippen LogP contribution in [0.15, 0.2) is 48.9 Å². The fourth-order valence-electron chi connectivity index (χ4n) is 7.03. The summed E-state index contributed by atoms with van der Waals surface area (Å²) in [4.78, 5) is 11.3. The van der Waals surface area contributed by atoms with Crippen molar-refractivity contribution >= 4 is 26.6 Å². The summed E-state index contributed by atoms with van der Waals surface area (Å²) in [6.45, 7) is 8.42. The van der Waals surface area contributed by atoms with Crippen LogP contribution in [-0.2, 0) is 14.6 Å². The molecule has 6 heterocycles. The highest BCUT2D eigenvalue weighted by atomic mass is 32.2. The molecule has 2 atom stereocenters. The lowest BCUT2D eigenvalue weighted by molar-refractivity contribution is -0.0365. The van der Waals surface area contributed by atoms with Crippen molar-refractivity contribution in [2.45, 2.75) is 58.8 Å². The minimum absolute atomic E-state index is 0.102. The molecule has 4 aromatic rings. The molecule has 3 fully saturated rings. The molecule has 42 heavy (non-hydrogen) atoms. The van der Waals surface area contributed by atoms with Crippen molar-refractivity contribution in [2.24, 2.45) is 5.41 Å². The van der Waals surface area contributed by atoms with E-state index in [1.807, 2.05) is 35.4 Å². The second-order valence-corrected chi connectivity index (χ2v) is 14.5. The zero-order chi connectivity index (χ0) is 29.1. The van der Waals surface area contributed by atoms with E-state index in [1.54, 1.807) is 0 Å². The number of benzene rings is 1. The predicted octanol–water partition coefficient (Wildman–Crippen LogP) is 5.57. The SMILES string of the molecule is Cc1cncc(C)c1[C@H](C)Oc1ccc2c(c1)c(-c1ccc(N3CC4(CCS(=O)(=O)C4)C3)nc1)nn2C1CCCCO1. The van der Waals surface area contributed by atoms with E-state index in [0.717, 1.165) is 95.8 Å². The predicted molar refractivity (Wildman–Crippen MR) is 162 cm³/mol. The molecule has 0 saturated carbocycles. The van der Waals surface area contributed by atoms with Crippen molar-refractivity contribution in [1.29, 1.82) is 0 Å². The molecule has 0 amide bonds. The van der Waals surface area contributed by atoms with Gasteiger partial charge in [-0.1, -0.05) is 0 Å². The second kappa shape index (κ2) is 10.3. The fraction of sp³-hybridized carbons (Fsp3) is 0.469. The Bertz CT molecular complexity index is 1720. The van der Waals surface area contributed by atoms with Crippen LogP contribution in [-0.4, -0.2) is 59.4 Å². The van der Waals surface area contributed by atoms with E-state index < -0.39 is 9.84 Å².